The molecule has 32 heavy (non-hydrogen) atoms. The van der Waals surface area contributed by atoms with E-state index < -0.39 is 12.0 Å². The lowest BCUT2D eigenvalue weighted by atomic mass is 9.85. The number of anilines is 1. The molecule has 2 heterocycles. The van der Waals surface area contributed by atoms with Crippen LogP contribution in [0.15, 0.2) is 0 Å². The number of nitrogens with zero attached hydrogens (tertiary/aromatic N) is 1. The summed E-state index contributed by atoms with van der Waals surface area (Å²) in [6.45, 7) is 3.53. The maximum atomic E-state index is 13.0. The van der Waals surface area contributed by atoms with Crippen molar-refractivity contribution < 1.29 is 28.7 Å². The number of rotatable bonds is 7. The van der Waals surface area contributed by atoms with Gasteiger partial charge in [0.25, 0.3) is 5.91 Å². The standard InChI is InChI=1S/C22H31N3O6S/c1-5-31-22(29)17-12(2)18(19(27)23-3)32-20(17)24-16(26)11-25-14-9-7-6-8-13(14)10-15(25)21(28)30-4/h13-15H,5-11H2,1-4H3,(H,23,27)(H,24,26). The summed E-state index contributed by atoms with van der Waals surface area (Å²) in [7, 11) is 2.87. The van der Waals surface area contributed by atoms with E-state index in [2.05, 4.69) is 10.6 Å². The molecule has 10 heteroatoms. The Labute approximate surface area is 191 Å². The molecule has 1 saturated heterocycles. The normalized spacial score (nSPS) is 22.7. The van der Waals surface area contributed by atoms with Crippen molar-refractivity contribution in [2.24, 2.45) is 5.92 Å². The predicted octanol–water partition coefficient (Wildman–Crippen LogP) is 2.34. The Kier molecular flexibility index (Phi) is 7.89. The highest BCUT2D eigenvalue weighted by molar-refractivity contribution is 7.18. The number of thiophene rings is 1. The zero-order valence-corrected chi connectivity index (χ0v) is 19.8. The van der Waals surface area contributed by atoms with E-state index in [1.807, 2.05) is 4.90 Å². The molecule has 2 aliphatic rings. The molecule has 1 aliphatic heterocycles. The molecule has 2 N–H and O–H groups in total. The van der Waals surface area contributed by atoms with E-state index in [0.29, 0.717) is 22.8 Å². The first-order chi connectivity index (χ1) is 15.3. The number of ether oxygens (including phenoxy) is 2. The third-order valence-electron chi connectivity index (χ3n) is 6.33. The molecular weight excluding hydrogens is 434 g/mol. The van der Waals surface area contributed by atoms with Crippen LogP contribution in [0.1, 0.15) is 64.6 Å². The van der Waals surface area contributed by atoms with Crippen LogP contribution < -0.4 is 10.6 Å². The first-order valence-electron chi connectivity index (χ1n) is 11.0. The number of carbonyl (C=O) groups is 4. The number of methoxy groups -OCH3 is 1. The van der Waals surface area contributed by atoms with Crippen LogP contribution in [0.4, 0.5) is 5.00 Å². The summed E-state index contributed by atoms with van der Waals surface area (Å²) in [4.78, 5) is 52.5. The van der Waals surface area contributed by atoms with Gasteiger partial charge in [-0.15, -0.1) is 11.3 Å². The molecule has 2 amide bonds. The molecule has 0 aromatic carbocycles. The summed E-state index contributed by atoms with van der Waals surface area (Å²) < 4.78 is 10.1. The summed E-state index contributed by atoms with van der Waals surface area (Å²) in [6, 6.07) is -0.287. The van der Waals surface area contributed by atoms with Crippen molar-refractivity contribution in [1.29, 1.82) is 0 Å². The molecule has 0 spiro atoms. The largest absolute Gasteiger partial charge is 0.468 e. The highest BCUT2D eigenvalue weighted by atomic mass is 32.1. The highest BCUT2D eigenvalue weighted by Gasteiger charge is 2.46. The lowest BCUT2D eigenvalue weighted by molar-refractivity contribution is -0.146. The number of hydrogen-bond donors (Lipinski definition) is 2. The van der Waals surface area contributed by atoms with Crippen molar-refractivity contribution in [3.63, 3.8) is 0 Å². The van der Waals surface area contributed by atoms with E-state index in [1.54, 1.807) is 13.8 Å². The van der Waals surface area contributed by atoms with E-state index in [0.717, 1.165) is 37.0 Å². The summed E-state index contributed by atoms with van der Waals surface area (Å²) >= 11 is 1.04. The lowest BCUT2D eigenvalue weighted by Gasteiger charge is -2.32. The first-order valence-corrected chi connectivity index (χ1v) is 11.8. The van der Waals surface area contributed by atoms with Gasteiger partial charge in [-0.05, 0) is 44.6 Å². The molecule has 176 valence electrons. The molecule has 1 aromatic rings. The van der Waals surface area contributed by atoms with Crippen molar-refractivity contribution in [1.82, 2.24) is 10.2 Å². The molecule has 1 saturated carbocycles. The minimum absolute atomic E-state index is 0.00938. The van der Waals surface area contributed by atoms with Crippen molar-refractivity contribution in [2.75, 3.05) is 32.6 Å². The fourth-order valence-electron chi connectivity index (χ4n) is 4.86. The highest BCUT2D eigenvalue weighted by Crippen LogP contribution is 2.40. The van der Waals surface area contributed by atoms with Crippen LogP contribution in [0, 0.1) is 12.8 Å². The summed E-state index contributed by atoms with van der Waals surface area (Å²) in [5, 5.41) is 5.62. The number of hydrogen-bond acceptors (Lipinski definition) is 8. The molecule has 2 fully saturated rings. The maximum Gasteiger partial charge on any atom is 0.341 e. The van der Waals surface area contributed by atoms with Crippen molar-refractivity contribution in [2.45, 2.75) is 58.0 Å². The Morgan fingerprint density at radius 3 is 2.56 bits per heavy atom. The summed E-state index contributed by atoms with van der Waals surface area (Å²) in [5.41, 5.74) is 0.648. The second-order valence-corrected chi connectivity index (χ2v) is 9.19. The fourth-order valence-corrected chi connectivity index (χ4v) is 6.02. The number of nitrogens with one attached hydrogen (secondary N) is 2. The van der Waals surface area contributed by atoms with Gasteiger partial charge in [0.05, 0.1) is 30.7 Å². The zero-order chi connectivity index (χ0) is 23.4. The average Bonchev–Trinajstić information content (AvgIpc) is 3.30. The van der Waals surface area contributed by atoms with E-state index in [1.165, 1.54) is 14.2 Å². The molecule has 9 nitrogen and oxygen atoms in total. The Morgan fingerprint density at radius 2 is 1.91 bits per heavy atom. The number of carbonyl (C=O) groups excluding carboxylic acids is 4. The molecule has 3 unspecified atom stereocenters. The number of esters is 2. The molecule has 3 atom stereocenters. The Hall–Kier alpha value is -2.46. The molecule has 1 aliphatic carbocycles. The Bertz CT molecular complexity index is 898. The van der Waals surface area contributed by atoms with Gasteiger partial charge in [0.1, 0.15) is 11.0 Å². The predicted molar refractivity (Wildman–Crippen MR) is 120 cm³/mol. The van der Waals surface area contributed by atoms with Gasteiger partial charge >= 0.3 is 11.9 Å². The monoisotopic (exact) mass is 465 g/mol. The van der Waals surface area contributed by atoms with Gasteiger partial charge in [-0.2, -0.15) is 0 Å². The minimum Gasteiger partial charge on any atom is -0.468 e. The number of amides is 2. The van der Waals surface area contributed by atoms with Gasteiger partial charge in [-0.3, -0.25) is 19.3 Å². The van der Waals surface area contributed by atoms with Crippen LogP contribution >= 0.6 is 11.3 Å². The van der Waals surface area contributed by atoms with E-state index in [-0.39, 0.29) is 47.5 Å². The molecule has 1 aromatic heterocycles. The van der Waals surface area contributed by atoms with Gasteiger partial charge in [-0.1, -0.05) is 12.8 Å². The van der Waals surface area contributed by atoms with Crippen LogP contribution in [0.25, 0.3) is 0 Å². The SMILES string of the molecule is CCOC(=O)c1c(NC(=O)CN2C(C(=O)OC)CC3CCCCC32)sc(C(=O)NC)c1C. The van der Waals surface area contributed by atoms with Crippen LogP contribution in [0.3, 0.4) is 0 Å². The van der Waals surface area contributed by atoms with Crippen LogP contribution in [-0.2, 0) is 19.1 Å². The van der Waals surface area contributed by atoms with Gasteiger partial charge in [0, 0.05) is 13.1 Å². The van der Waals surface area contributed by atoms with Crippen molar-refractivity contribution in [3.05, 3.63) is 16.0 Å². The smallest absolute Gasteiger partial charge is 0.341 e. The second-order valence-electron chi connectivity index (χ2n) is 8.17. The summed E-state index contributed by atoms with van der Waals surface area (Å²) in [6.07, 6.45) is 4.88. The zero-order valence-electron chi connectivity index (χ0n) is 19.0. The number of fused-ring (bicyclic) bond motifs is 1. The van der Waals surface area contributed by atoms with Gasteiger partial charge in [0.15, 0.2) is 0 Å². The third kappa shape index (κ3) is 4.80. The van der Waals surface area contributed by atoms with Crippen LogP contribution in [-0.4, -0.2) is 68.0 Å². The average molecular weight is 466 g/mol. The van der Waals surface area contributed by atoms with E-state index >= 15 is 0 Å². The van der Waals surface area contributed by atoms with Gasteiger partial charge in [-0.25, -0.2) is 4.79 Å². The van der Waals surface area contributed by atoms with Crippen molar-refractivity contribution >= 4 is 40.1 Å². The fraction of sp³-hybridized carbons (Fsp3) is 0.636. The van der Waals surface area contributed by atoms with Crippen LogP contribution in [0.5, 0.6) is 0 Å². The van der Waals surface area contributed by atoms with Crippen molar-refractivity contribution in [3.8, 4) is 0 Å². The molecular formula is C22H31N3O6S. The molecule has 0 bridgehead atoms. The summed E-state index contributed by atoms with van der Waals surface area (Å²) in [5.74, 6) is -1.23. The topological polar surface area (TPSA) is 114 Å². The van der Waals surface area contributed by atoms with Gasteiger partial charge in [0.2, 0.25) is 5.91 Å². The van der Waals surface area contributed by atoms with E-state index in [9.17, 15) is 19.2 Å². The third-order valence-corrected chi connectivity index (χ3v) is 7.54. The first kappa shape index (κ1) is 24.2. The second kappa shape index (κ2) is 10.4. The Morgan fingerprint density at radius 1 is 1.19 bits per heavy atom. The quantitative estimate of drug-likeness (QED) is 0.594. The lowest BCUT2D eigenvalue weighted by Crippen LogP contribution is -2.46. The van der Waals surface area contributed by atoms with Crippen LogP contribution in [0.2, 0.25) is 0 Å². The minimum atomic E-state index is -0.590. The molecule has 0 radical (unpaired) electrons. The van der Waals surface area contributed by atoms with E-state index in [4.69, 9.17) is 9.47 Å². The molecule has 3 rings (SSSR count). The Balaban J connectivity index is 1.83. The van der Waals surface area contributed by atoms with Gasteiger partial charge < -0.3 is 20.1 Å². The number of likely N-dealkylation sites (tertiary alicyclic amines) is 1. The maximum absolute atomic E-state index is 13.0.